The number of amides is 1. The number of rotatable bonds is 3. The van der Waals surface area contributed by atoms with E-state index in [-0.39, 0.29) is 5.91 Å². The van der Waals surface area contributed by atoms with Crippen molar-refractivity contribution in [2.24, 2.45) is 0 Å². The number of imidazole rings is 1. The van der Waals surface area contributed by atoms with Gasteiger partial charge in [0.15, 0.2) is 0 Å². The summed E-state index contributed by atoms with van der Waals surface area (Å²) in [6.07, 6.45) is 2.12. The molecule has 100 valence electrons. The summed E-state index contributed by atoms with van der Waals surface area (Å²) >= 11 is 6.00. The molecule has 1 fully saturated rings. The van der Waals surface area contributed by atoms with E-state index < -0.39 is 6.04 Å². The topological polar surface area (TPSA) is 72.9 Å². The zero-order valence-corrected chi connectivity index (χ0v) is 11.3. The number of nitrogen functional groups attached to an aromatic ring is 1. The van der Waals surface area contributed by atoms with E-state index in [9.17, 15) is 4.79 Å². The number of aromatic nitrogens is 2. The highest BCUT2D eigenvalue weighted by atomic mass is 35.5. The van der Waals surface area contributed by atoms with E-state index in [0.29, 0.717) is 17.0 Å². The Morgan fingerprint density at radius 1 is 1.58 bits per heavy atom. The molecule has 1 saturated carbocycles. The van der Waals surface area contributed by atoms with Crippen LogP contribution in [0.2, 0.25) is 5.02 Å². The number of benzene rings is 1. The minimum atomic E-state index is -0.399. The first-order chi connectivity index (χ1) is 9.06. The molecule has 0 spiro atoms. The molecular formula is C13H15ClN4O. The van der Waals surface area contributed by atoms with Gasteiger partial charge in [0.2, 0.25) is 11.9 Å². The van der Waals surface area contributed by atoms with E-state index in [4.69, 9.17) is 17.3 Å². The average molecular weight is 279 g/mol. The highest BCUT2D eigenvalue weighted by molar-refractivity contribution is 6.31. The highest BCUT2D eigenvalue weighted by Gasteiger charge is 2.27. The van der Waals surface area contributed by atoms with Crippen molar-refractivity contribution in [3.05, 3.63) is 23.2 Å². The van der Waals surface area contributed by atoms with E-state index >= 15 is 0 Å². The van der Waals surface area contributed by atoms with Crippen molar-refractivity contribution >= 4 is 34.5 Å². The second-order valence-electron chi connectivity index (χ2n) is 4.93. The van der Waals surface area contributed by atoms with E-state index in [1.54, 1.807) is 22.8 Å². The molecule has 19 heavy (non-hydrogen) atoms. The largest absolute Gasteiger partial charge is 0.369 e. The molecule has 0 radical (unpaired) electrons. The molecule has 1 aliphatic rings. The van der Waals surface area contributed by atoms with Crippen LogP contribution in [0.1, 0.15) is 25.8 Å². The Balaban J connectivity index is 2.00. The number of hydrogen-bond acceptors (Lipinski definition) is 3. The first-order valence-electron chi connectivity index (χ1n) is 6.29. The number of nitrogens with two attached hydrogens (primary N) is 1. The van der Waals surface area contributed by atoms with Gasteiger partial charge in [-0.3, -0.25) is 9.36 Å². The third-order valence-corrected chi connectivity index (χ3v) is 3.60. The fourth-order valence-electron chi connectivity index (χ4n) is 2.16. The molecule has 1 heterocycles. The van der Waals surface area contributed by atoms with Crippen molar-refractivity contribution in [1.29, 1.82) is 0 Å². The molecule has 0 aliphatic heterocycles. The van der Waals surface area contributed by atoms with Crippen molar-refractivity contribution in [3.63, 3.8) is 0 Å². The normalized spacial score (nSPS) is 16.5. The Bertz CT molecular complexity index is 647. The molecule has 1 unspecified atom stereocenters. The van der Waals surface area contributed by atoms with Gasteiger partial charge in [0, 0.05) is 11.1 Å². The van der Waals surface area contributed by atoms with Crippen molar-refractivity contribution < 1.29 is 4.79 Å². The fraction of sp³-hybridized carbons (Fsp3) is 0.385. The number of nitrogens with one attached hydrogen (secondary N) is 1. The third-order valence-electron chi connectivity index (χ3n) is 3.37. The molecular weight excluding hydrogens is 264 g/mol. The number of halogens is 1. The maximum absolute atomic E-state index is 12.1. The van der Waals surface area contributed by atoms with Gasteiger partial charge in [0.1, 0.15) is 6.04 Å². The molecule has 3 rings (SSSR count). The molecule has 1 atom stereocenters. The van der Waals surface area contributed by atoms with Crippen LogP contribution in [0.15, 0.2) is 18.2 Å². The summed E-state index contributed by atoms with van der Waals surface area (Å²) in [5.74, 6) is 0.296. The molecule has 2 aromatic rings. The average Bonchev–Trinajstić information content (AvgIpc) is 3.10. The van der Waals surface area contributed by atoms with E-state index in [0.717, 1.165) is 23.9 Å². The number of nitrogens with zero attached hydrogens (tertiary/aromatic N) is 2. The first-order valence-corrected chi connectivity index (χ1v) is 6.67. The van der Waals surface area contributed by atoms with Crippen LogP contribution in [0, 0.1) is 0 Å². The van der Waals surface area contributed by atoms with Crippen molar-refractivity contribution in [2.75, 3.05) is 5.73 Å². The van der Waals surface area contributed by atoms with Gasteiger partial charge in [-0.05, 0) is 38.0 Å². The first kappa shape index (κ1) is 12.3. The Kier molecular flexibility index (Phi) is 2.86. The molecule has 6 heteroatoms. The zero-order chi connectivity index (χ0) is 13.6. The van der Waals surface area contributed by atoms with Gasteiger partial charge in [0.05, 0.1) is 11.0 Å². The van der Waals surface area contributed by atoms with Gasteiger partial charge in [-0.2, -0.15) is 0 Å². The molecule has 1 aromatic carbocycles. The molecule has 0 saturated heterocycles. The SMILES string of the molecule is CC(C(=O)NC1CC1)n1c(N)nc2ccc(Cl)cc21. The summed E-state index contributed by atoms with van der Waals surface area (Å²) in [4.78, 5) is 16.4. The van der Waals surface area contributed by atoms with Gasteiger partial charge in [-0.25, -0.2) is 4.98 Å². The van der Waals surface area contributed by atoms with Gasteiger partial charge >= 0.3 is 0 Å². The molecule has 1 aromatic heterocycles. The summed E-state index contributed by atoms with van der Waals surface area (Å²) in [5.41, 5.74) is 7.44. The van der Waals surface area contributed by atoms with Gasteiger partial charge in [-0.15, -0.1) is 0 Å². The van der Waals surface area contributed by atoms with Gasteiger partial charge in [-0.1, -0.05) is 11.6 Å². The lowest BCUT2D eigenvalue weighted by atomic mass is 10.2. The minimum Gasteiger partial charge on any atom is -0.369 e. The molecule has 0 bridgehead atoms. The molecule has 5 nitrogen and oxygen atoms in total. The number of anilines is 1. The second-order valence-corrected chi connectivity index (χ2v) is 5.37. The van der Waals surface area contributed by atoms with E-state index in [2.05, 4.69) is 10.3 Å². The molecule has 1 amide bonds. The summed E-state index contributed by atoms with van der Waals surface area (Å²) < 4.78 is 1.72. The standard InChI is InChI=1S/C13H15ClN4O/c1-7(12(19)16-9-3-4-9)18-11-6-8(14)2-5-10(11)17-13(18)15/h2,5-7,9H,3-4H2,1H3,(H2,15,17)(H,16,19). The summed E-state index contributed by atoms with van der Waals surface area (Å²) in [6, 6.07) is 5.27. The number of fused-ring (bicyclic) bond motifs is 1. The Labute approximate surface area is 115 Å². The van der Waals surface area contributed by atoms with Crippen LogP contribution < -0.4 is 11.1 Å². The van der Waals surface area contributed by atoms with Gasteiger partial charge < -0.3 is 11.1 Å². The van der Waals surface area contributed by atoms with E-state index in [1.165, 1.54) is 0 Å². The highest BCUT2D eigenvalue weighted by Crippen LogP contribution is 2.26. The predicted octanol–water partition coefficient (Wildman–Crippen LogP) is 2.11. The number of hydrogen-bond donors (Lipinski definition) is 2. The van der Waals surface area contributed by atoms with Crippen LogP contribution in [0.5, 0.6) is 0 Å². The monoisotopic (exact) mass is 278 g/mol. The second kappa shape index (κ2) is 4.42. The maximum atomic E-state index is 12.1. The maximum Gasteiger partial charge on any atom is 0.243 e. The van der Waals surface area contributed by atoms with Crippen molar-refractivity contribution in [2.45, 2.75) is 31.8 Å². The quantitative estimate of drug-likeness (QED) is 0.903. The lowest BCUT2D eigenvalue weighted by molar-refractivity contribution is -0.123. The molecule has 3 N–H and O–H groups in total. The van der Waals surface area contributed by atoms with Crippen LogP contribution in [0.3, 0.4) is 0 Å². The van der Waals surface area contributed by atoms with Crippen LogP contribution in [-0.4, -0.2) is 21.5 Å². The fourth-order valence-corrected chi connectivity index (χ4v) is 2.32. The number of carbonyl (C=O) groups excluding carboxylic acids is 1. The Morgan fingerprint density at radius 2 is 2.32 bits per heavy atom. The van der Waals surface area contributed by atoms with E-state index in [1.807, 2.05) is 6.92 Å². The smallest absolute Gasteiger partial charge is 0.243 e. The van der Waals surface area contributed by atoms with Crippen molar-refractivity contribution in [3.8, 4) is 0 Å². The Hall–Kier alpha value is -1.75. The third kappa shape index (κ3) is 2.26. The van der Waals surface area contributed by atoms with Crippen LogP contribution in [0.4, 0.5) is 5.95 Å². The predicted molar refractivity (Wildman–Crippen MR) is 75.0 cm³/mol. The van der Waals surface area contributed by atoms with Crippen molar-refractivity contribution in [1.82, 2.24) is 14.9 Å². The number of carbonyl (C=O) groups is 1. The summed E-state index contributed by atoms with van der Waals surface area (Å²) in [5, 5.41) is 3.57. The van der Waals surface area contributed by atoms with Crippen LogP contribution >= 0.6 is 11.6 Å². The van der Waals surface area contributed by atoms with Gasteiger partial charge in [0.25, 0.3) is 0 Å². The minimum absolute atomic E-state index is 0.0338. The summed E-state index contributed by atoms with van der Waals surface area (Å²) in [6.45, 7) is 1.82. The lowest BCUT2D eigenvalue weighted by Gasteiger charge is -2.15. The summed E-state index contributed by atoms with van der Waals surface area (Å²) in [7, 11) is 0. The lowest BCUT2D eigenvalue weighted by Crippen LogP contribution is -2.32. The van der Waals surface area contributed by atoms with Crippen LogP contribution in [0.25, 0.3) is 11.0 Å². The Morgan fingerprint density at radius 3 is 3.00 bits per heavy atom. The van der Waals surface area contributed by atoms with Crippen LogP contribution in [-0.2, 0) is 4.79 Å². The zero-order valence-electron chi connectivity index (χ0n) is 10.6. The molecule has 1 aliphatic carbocycles.